The second-order valence-corrected chi connectivity index (χ2v) is 5.25. The summed E-state index contributed by atoms with van der Waals surface area (Å²) < 4.78 is 9.99. The number of nitrogens with one attached hydrogen (secondary N) is 1. The highest BCUT2D eigenvalue weighted by Gasteiger charge is 2.28. The fraction of sp³-hybridized carbons (Fsp3) is 0.533. The maximum atomic E-state index is 11.6. The zero-order chi connectivity index (χ0) is 14.5. The lowest BCUT2D eigenvalue weighted by Gasteiger charge is -2.24. The first-order chi connectivity index (χ1) is 8.90. The van der Waals surface area contributed by atoms with Gasteiger partial charge in [0, 0.05) is 12.6 Å². The molecule has 0 unspecified atom stereocenters. The van der Waals surface area contributed by atoms with Crippen molar-refractivity contribution in [3.8, 4) is 5.75 Å². The first-order valence-electron chi connectivity index (χ1n) is 6.36. The molecular weight excluding hydrogens is 242 g/mol. The third kappa shape index (κ3) is 4.24. The van der Waals surface area contributed by atoms with Gasteiger partial charge in [-0.1, -0.05) is 12.1 Å². The molecule has 106 valence electrons. The molecule has 19 heavy (non-hydrogen) atoms. The molecule has 1 N–H and O–H groups in total. The summed E-state index contributed by atoms with van der Waals surface area (Å²) >= 11 is 0. The first kappa shape index (κ1) is 15.5. The standard InChI is InChI=1S/C15H23NO3/c1-11(12-7-6-8-13(9-12)18-4)16-10-15(2,3)14(17)19-5/h6-9,11,16H,10H2,1-5H3/t11-/m1/s1. The molecule has 4 heteroatoms. The maximum Gasteiger partial charge on any atom is 0.312 e. The summed E-state index contributed by atoms with van der Waals surface area (Å²) in [7, 11) is 3.06. The van der Waals surface area contributed by atoms with Crippen molar-refractivity contribution >= 4 is 5.97 Å². The Morgan fingerprint density at radius 1 is 1.37 bits per heavy atom. The van der Waals surface area contributed by atoms with Crippen LogP contribution >= 0.6 is 0 Å². The summed E-state index contributed by atoms with van der Waals surface area (Å²) in [5.41, 5.74) is 0.585. The van der Waals surface area contributed by atoms with E-state index < -0.39 is 5.41 Å². The highest BCUT2D eigenvalue weighted by atomic mass is 16.5. The van der Waals surface area contributed by atoms with Crippen LogP contribution in [0.1, 0.15) is 32.4 Å². The molecule has 1 rings (SSSR count). The van der Waals surface area contributed by atoms with E-state index in [9.17, 15) is 4.79 Å². The van der Waals surface area contributed by atoms with Gasteiger partial charge in [-0.05, 0) is 38.5 Å². The van der Waals surface area contributed by atoms with Gasteiger partial charge in [0.25, 0.3) is 0 Å². The molecule has 0 saturated heterocycles. The Labute approximate surface area is 115 Å². The number of carbonyl (C=O) groups is 1. The first-order valence-corrected chi connectivity index (χ1v) is 6.36. The molecule has 1 aromatic rings. The molecule has 1 aromatic carbocycles. The Balaban J connectivity index is 2.64. The highest BCUT2D eigenvalue weighted by molar-refractivity contribution is 5.76. The highest BCUT2D eigenvalue weighted by Crippen LogP contribution is 2.21. The summed E-state index contributed by atoms with van der Waals surface area (Å²) in [5, 5.41) is 3.35. The van der Waals surface area contributed by atoms with Crippen LogP contribution in [0.5, 0.6) is 5.75 Å². The van der Waals surface area contributed by atoms with Gasteiger partial charge in [-0.3, -0.25) is 4.79 Å². The topological polar surface area (TPSA) is 47.6 Å². The zero-order valence-corrected chi connectivity index (χ0v) is 12.3. The van der Waals surface area contributed by atoms with Crippen molar-refractivity contribution in [2.45, 2.75) is 26.8 Å². The number of ether oxygens (including phenoxy) is 2. The second-order valence-electron chi connectivity index (χ2n) is 5.25. The third-order valence-corrected chi connectivity index (χ3v) is 3.18. The Bertz CT molecular complexity index is 429. The molecule has 4 nitrogen and oxygen atoms in total. The minimum absolute atomic E-state index is 0.138. The number of benzene rings is 1. The van der Waals surface area contributed by atoms with Crippen molar-refractivity contribution in [1.82, 2.24) is 5.32 Å². The van der Waals surface area contributed by atoms with Crippen molar-refractivity contribution in [3.63, 3.8) is 0 Å². The SMILES string of the molecule is COC(=O)C(C)(C)CN[C@H](C)c1cccc(OC)c1. The molecule has 0 aromatic heterocycles. The normalized spacial score (nSPS) is 12.9. The van der Waals surface area contributed by atoms with Crippen LogP contribution in [0.4, 0.5) is 0 Å². The van der Waals surface area contributed by atoms with Gasteiger partial charge in [0.1, 0.15) is 5.75 Å². The molecule has 0 spiro atoms. The number of carbonyl (C=O) groups excluding carboxylic acids is 1. The zero-order valence-electron chi connectivity index (χ0n) is 12.3. The van der Waals surface area contributed by atoms with E-state index in [4.69, 9.17) is 9.47 Å². The van der Waals surface area contributed by atoms with E-state index in [1.807, 2.05) is 38.1 Å². The van der Waals surface area contributed by atoms with Crippen LogP contribution in [0.25, 0.3) is 0 Å². The minimum atomic E-state index is -0.540. The fourth-order valence-electron chi connectivity index (χ4n) is 1.79. The van der Waals surface area contributed by atoms with E-state index in [1.165, 1.54) is 7.11 Å². The van der Waals surface area contributed by atoms with Crippen molar-refractivity contribution in [3.05, 3.63) is 29.8 Å². The number of esters is 1. The van der Waals surface area contributed by atoms with Gasteiger partial charge in [0.05, 0.1) is 19.6 Å². The Morgan fingerprint density at radius 2 is 2.05 bits per heavy atom. The van der Waals surface area contributed by atoms with Crippen LogP contribution in [0, 0.1) is 5.41 Å². The van der Waals surface area contributed by atoms with E-state index >= 15 is 0 Å². The fourth-order valence-corrected chi connectivity index (χ4v) is 1.79. The molecule has 0 saturated carbocycles. The van der Waals surface area contributed by atoms with E-state index in [0.29, 0.717) is 6.54 Å². The van der Waals surface area contributed by atoms with Crippen LogP contribution in [0.3, 0.4) is 0 Å². The second kappa shape index (κ2) is 6.57. The molecule has 0 aliphatic heterocycles. The van der Waals surface area contributed by atoms with Crippen LogP contribution in [-0.4, -0.2) is 26.7 Å². The van der Waals surface area contributed by atoms with Crippen molar-refractivity contribution in [2.75, 3.05) is 20.8 Å². The van der Waals surface area contributed by atoms with E-state index in [1.54, 1.807) is 7.11 Å². The van der Waals surface area contributed by atoms with Gasteiger partial charge < -0.3 is 14.8 Å². The van der Waals surface area contributed by atoms with Crippen LogP contribution < -0.4 is 10.1 Å². The van der Waals surface area contributed by atoms with Gasteiger partial charge in [-0.2, -0.15) is 0 Å². The maximum absolute atomic E-state index is 11.6. The van der Waals surface area contributed by atoms with Crippen LogP contribution in [-0.2, 0) is 9.53 Å². The third-order valence-electron chi connectivity index (χ3n) is 3.18. The number of rotatable bonds is 6. The van der Waals surface area contributed by atoms with Crippen LogP contribution in [0.2, 0.25) is 0 Å². The molecule has 0 radical (unpaired) electrons. The quantitative estimate of drug-likeness (QED) is 0.803. The predicted molar refractivity (Wildman–Crippen MR) is 75.2 cm³/mol. The van der Waals surface area contributed by atoms with Crippen molar-refractivity contribution in [2.24, 2.45) is 5.41 Å². The summed E-state index contributed by atoms with van der Waals surface area (Å²) in [6.45, 7) is 6.34. The Morgan fingerprint density at radius 3 is 2.63 bits per heavy atom. The van der Waals surface area contributed by atoms with Crippen LogP contribution in [0.15, 0.2) is 24.3 Å². The van der Waals surface area contributed by atoms with Gasteiger partial charge in [0.2, 0.25) is 0 Å². The largest absolute Gasteiger partial charge is 0.497 e. The summed E-state index contributed by atoms with van der Waals surface area (Å²) in [5.74, 6) is 0.622. The average Bonchev–Trinajstić information content (AvgIpc) is 2.43. The molecular formula is C15H23NO3. The van der Waals surface area contributed by atoms with Gasteiger partial charge in [-0.25, -0.2) is 0 Å². The Hall–Kier alpha value is -1.55. The van der Waals surface area contributed by atoms with Gasteiger partial charge in [0.15, 0.2) is 0 Å². The van der Waals surface area contributed by atoms with E-state index in [2.05, 4.69) is 12.2 Å². The molecule has 0 amide bonds. The number of hydrogen-bond acceptors (Lipinski definition) is 4. The van der Waals surface area contributed by atoms with E-state index in [-0.39, 0.29) is 12.0 Å². The Kier molecular flexibility index (Phi) is 5.36. The molecule has 0 bridgehead atoms. The molecule has 1 atom stereocenters. The lowest BCUT2D eigenvalue weighted by Crippen LogP contribution is -2.37. The molecule has 0 aliphatic rings. The van der Waals surface area contributed by atoms with E-state index in [0.717, 1.165) is 11.3 Å². The summed E-state index contributed by atoms with van der Waals surface area (Å²) in [6, 6.07) is 8.03. The van der Waals surface area contributed by atoms with Gasteiger partial charge in [-0.15, -0.1) is 0 Å². The van der Waals surface area contributed by atoms with Crippen molar-refractivity contribution in [1.29, 1.82) is 0 Å². The minimum Gasteiger partial charge on any atom is -0.497 e. The smallest absolute Gasteiger partial charge is 0.312 e. The number of methoxy groups -OCH3 is 2. The molecule has 0 heterocycles. The predicted octanol–water partition coefficient (Wildman–Crippen LogP) is 2.55. The van der Waals surface area contributed by atoms with Crippen molar-refractivity contribution < 1.29 is 14.3 Å². The summed E-state index contributed by atoms with van der Waals surface area (Å²) in [6.07, 6.45) is 0. The monoisotopic (exact) mass is 265 g/mol. The lowest BCUT2D eigenvalue weighted by atomic mass is 9.93. The molecule has 0 aliphatic carbocycles. The van der Waals surface area contributed by atoms with Gasteiger partial charge >= 0.3 is 5.97 Å². The average molecular weight is 265 g/mol. The number of hydrogen-bond donors (Lipinski definition) is 1. The summed E-state index contributed by atoms with van der Waals surface area (Å²) in [4.78, 5) is 11.6. The molecule has 0 fully saturated rings. The lowest BCUT2D eigenvalue weighted by molar-refractivity contribution is -0.150.